The van der Waals surface area contributed by atoms with Crippen molar-refractivity contribution in [1.29, 1.82) is 0 Å². The smallest absolute Gasteiger partial charge is 0.336 e. The number of benzene rings is 2. The fourth-order valence-corrected chi connectivity index (χ4v) is 5.43. The van der Waals surface area contributed by atoms with E-state index in [1.165, 1.54) is 13.4 Å². The highest BCUT2D eigenvalue weighted by Gasteiger charge is 2.43. The summed E-state index contributed by atoms with van der Waals surface area (Å²) >= 11 is 0. The number of allylic oxidation sites excluding steroid dienone is 3. The average Bonchev–Trinajstić information content (AvgIpc) is 2.92. The van der Waals surface area contributed by atoms with Crippen LogP contribution in [-0.2, 0) is 19.1 Å². The summed E-state index contributed by atoms with van der Waals surface area (Å²) < 4.78 is 21.8. The highest BCUT2D eigenvalue weighted by molar-refractivity contribution is 6.04. The van der Waals surface area contributed by atoms with Crippen LogP contribution in [0.3, 0.4) is 0 Å². The Labute approximate surface area is 219 Å². The highest BCUT2D eigenvalue weighted by atomic mass is 16.6. The molecule has 1 aromatic heterocycles. The average molecular weight is 516 g/mol. The van der Waals surface area contributed by atoms with E-state index in [1.807, 2.05) is 24.3 Å². The van der Waals surface area contributed by atoms with E-state index in [-0.39, 0.29) is 47.9 Å². The monoisotopic (exact) mass is 515 g/mol. The van der Waals surface area contributed by atoms with Gasteiger partial charge < -0.3 is 23.9 Å². The molecule has 0 saturated carbocycles. The normalized spacial score (nSPS) is 19.3. The van der Waals surface area contributed by atoms with Crippen molar-refractivity contribution in [3.63, 3.8) is 0 Å². The van der Waals surface area contributed by atoms with Crippen LogP contribution in [0.4, 0.5) is 0 Å². The number of nitrogens with one attached hydrogen (secondary N) is 1. The molecule has 1 aliphatic carbocycles. The first-order valence-electron chi connectivity index (χ1n) is 12.5. The summed E-state index contributed by atoms with van der Waals surface area (Å²) in [5.74, 6) is -1.10. The molecule has 0 fully saturated rings. The number of rotatable bonds is 7. The van der Waals surface area contributed by atoms with Crippen molar-refractivity contribution in [3.05, 3.63) is 98.7 Å². The van der Waals surface area contributed by atoms with E-state index in [9.17, 15) is 14.4 Å². The van der Waals surface area contributed by atoms with Gasteiger partial charge in [0.15, 0.2) is 11.2 Å². The van der Waals surface area contributed by atoms with E-state index in [0.29, 0.717) is 40.1 Å². The number of carbonyl (C=O) groups is 2. The maximum Gasteiger partial charge on any atom is 0.336 e. The number of fused-ring (bicyclic) bond motifs is 1. The van der Waals surface area contributed by atoms with Crippen LogP contribution in [0.5, 0.6) is 5.75 Å². The van der Waals surface area contributed by atoms with Gasteiger partial charge in [0.2, 0.25) is 0 Å². The van der Waals surface area contributed by atoms with E-state index in [0.717, 1.165) is 5.56 Å². The van der Waals surface area contributed by atoms with Crippen molar-refractivity contribution < 1.29 is 28.2 Å². The molecule has 2 unspecified atom stereocenters. The van der Waals surface area contributed by atoms with Gasteiger partial charge in [-0.25, -0.2) is 4.79 Å². The quantitative estimate of drug-likeness (QED) is 0.366. The van der Waals surface area contributed by atoms with Gasteiger partial charge in [-0.15, -0.1) is 0 Å². The largest absolute Gasteiger partial charge is 0.496 e. The SMILES string of the molecule is COCCOC(=O)C1=C(C)NC2=C(C(=O)CC(c3ccccc3OC)C2)C1c1coc2ccccc2c1=O. The number of methoxy groups -OCH3 is 2. The molecule has 1 N–H and O–H groups in total. The van der Waals surface area contributed by atoms with Crippen LogP contribution in [0.2, 0.25) is 0 Å². The molecule has 0 saturated heterocycles. The minimum Gasteiger partial charge on any atom is -0.496 e. The Kier molecular flexibility index (Phi) is 7.15. The number of hydrogen-bond acceptors (Lipinski definition) is 8. The first kappa shape index (κ1) is 25.5. The van der Waals surface area contributed by atoms with Crippen LogP contribution >= 0.6 is 0 Å². The van der Waals surface area contributed by atoms with Crippen LogP contribution in [0.15, 0.2) is 86.5 Å². The molecule has 1 aliphatic heterocycles. The molecule has 0 spiro atoms. The first-order valence-corrected chi connectivity index (χ1v) is 12.5. The molecule has 2 aromatic carbocycles. The first-order chi connectivity index (χ1) is 18.4. The summed E-state index contributed by atoms with van der Waals surface area (Å²) in [6.07, 6.45) is 2.09. The molecule has 2 heterocycles. The maximum atomic E-state index is 13.8. The molecule has 38 heavy (non-hydrogen) atoms. The van der Waals surface area contributed by atoms with E-state index in [1.54, 1.807) is 38.3 Å². The third kappa shape index (κ3) is 4.52. The number of carbonyl (C=O) groups excluding carboxylic acids is 2. The van der Waals surface area contributed by atoms with Crippen molar-refractivity contribution in [1.82, 2.24) is 5.32 Å². The molecule has 2 aliphatic rings. The Balaban J connectivity index is 1.64. The Morgan fingerprint density at radius 3 is 2.55 bits per heavy atom. The maximum absolute atomic E-state index is 13.8. The lowest BCUT2D eigenvalue weighted by molar-refractivity contribution is -0.140. The zero-order valence-corrected chi connectivity index (χ0v) is 21.5. The molecule has 8 nitrogen and oxygen atoms in total. The lowest BCUT2D eigenvalue weighted by Crippen LogP contribution is -2.37. The van der Waals surface area contributed by atoms with Crippen molar-refractivity contribution in [2.24, 2.45) is 0 Å². The lowest BCUT2D eigenvalue weighted by Gasteiger charge is -2.36. The van der Waals surface area contributed by atoms with Gasteiger partial charge in [-0.2, -0.15) is 0 Å². The molecular weight excluding hydrogens is 486 g/mol. The number of Topliss-reactive ketones (excluding diaryl/α,β-unsaturated/α-hetero) is 1. The molecule has 3 aromatic rings. The molecule has 8 heteroatoms. The van der Waals surface area contributed by atoms with Crippen molar-refractivity contribution in [2.45, 2.75) is 31.6 Å². The Hall–Kier alpha value is -4.17. The summed E-state index contributed by atoms with van der Waals surface area (Å²) in [5, 5.41) is 3.68. The molecule has 196 valence electrons. The number of dihydropyridines is 1. The van der Waals surface area contributed by atoms with Gasteiger partial charge in [-0.3, -0.25) is 9.59 Å². The number of ketones is 1. The third-order valence-electron chi connectivity index (χ3n) is 7.16. The summed E-state index contributed by atoms with van der Waals surface area (Å²) in [4.78, 5) is 40.9. The third-order valence-corrected chi connectivity index (χ3v) is 7.16. The van der Waals surface area contributed by atoms with Crippen molar-refractivity contribution in [3.8, 4) is 5.75 Å². The van der Waals surface area contributed by atoms with Gasteiger partial charge in [-0.05, 0) is 37.1 Å². The zero-order valence-electron chi connectivity index (χ0n) is 21.5. The van der Waals surface area contributed by atoms with Crippen LogP contribution < -0.4 is 15.5 Å². The minimum atomic E-state index is -0.923. The van der Waals surface area contributed by atoms with Gasteiger partial charge >= 0.3 is 5.97 Å². The highest BCUT2D eigenvalue weighted by Crippen LogP contribution is 2.46. The van der Waals surface area contributed by atoms with E-state index < -0.39 is 11.9 Å². The zero-order chi connectivity index (χ0) is 26.8. The van der Waals surface area contributed by atoms with Crippen LogP contribution in [0.25, 0.3) is 11.0 Å². The van der Waals surface area contributed by atoms with Gasteiger partial charge in [0.05, 0.1) is 36.9 Å². The lowest BCUT2D eigenvalue weighted by atomic mass is 9.71. The van der Waals surface area contributed by atoms with E-state index in [4.69, 9.17) is 18.6 Å². The Morgan fingerprint density at radius 1 is 1.00 bits per heavy atom. The molecule has 0 bridgehead atoms. The molecule has 0 amide bonds. The minimum absolute atomic E-state index is 0.0425. The Bertz CT molecular complexity index is 1530. The molecule has 5 rings (SSSR count). The second-order valence-electron chi connectivity index (χ2n) is 9.40. The fraction of sp³-hybridized carbons (Fsp3) is 0.300. The second-order valence-corrected chi connectivity index (χ2v) is 9.40. The van der Waals surface area contributed by atoms with Crippen LogP contribution in [0.1, 0.15) is 42.7 Å². The second kappa shape index (κ2) is 10.7. The Morgan fingerprint density at radius 2 is 1.76 bits per heavy atom. The van der Waals surface area contributed by atoms with Crippen LogP contribution in [0, 0.1) is 0 Å². The number of hydrogen-bond donors (Lipinski definition) is 1. The number of ether oxygens (including phenoxy) is 3. The molecular formula is C30H29NO7. The summed E-state index contributed by atoms with van der Waals surface area (Å²) in [7, 11) is 3.12. The predicted octanol–water partition coefficient (Wildman–Crippen LogP) is 4.35. The summed E-state index contributed by atoms with van der Waals surface area (Å²) in [6.45, 7) is 2.02. The number of para-hydroxylation sites is 2. The summed E-state index contributed by atoms with van der Waals surface area (Å²) in [6, 6.07) is 14.6. The predicted molar refractivity (Wildman–Crippen MR) is 141 cm³/mol. The van der Waals surface area contributed by atoms with Crippen LogP contribution in [-0.4, -0.2) is 39.2 Å². The molecule has 2 atom stereocenters. The molecule has 0 radical (unpaired) electrons. The topological polar surface area (TPSA) is 104 Å². The number of esters is 1. The van der Waals surface area contributed by atoms with Crippen molar-refractivity contribution >= 4 is 22.7 Å². The van der Waals surface area contributed by atoms with Gasteiger partial charge in [-0.1, -0.05) is 30.3 Å². The van der Waals surface area contributed by atoms with E-state index in [2.05, 4.69) is 5.32 Å². The van der Waals surface area contributed by atoms with Crippen molar-refractivity contribution in [2.75, 3.05) is 27.4 Å². The standard InChI is InChI=1S/C30H29NO7/c1-17-26(30(34)37-13-12-35-2)27(21-16-38-25-11-7-5-9-20(25)29(21)33)28-22(31-17)14-18(15-23(28)32)19-8-4-6-10-24(19)36-3/h4-11,16,18,27,31H,12-15H2,1-3H3. The van der Waals surface area contributed by atoms with Gasteiger partial charge in [0.25, 0.3) is 0 Å². The summed E-state index contributed by atoms with van der Waals surface area (Å²) in [5.41, 5.74) is 3.11. The van der Waals surface area contributed by atoms with Gasteiger partial charge in [0.1, 0.15) is 17.9 Å². The fourth-order valence-electron chi connectivity index (χ4n) is 5.43. The van der Waals surface area contributed by atoms with E-state index >= 15 is 0 Å². The van der Waals surface area contributed by atoms with Gasteiger partial charge in [0, 0.05) is 42.0 Å².